The van der Waals surface area contributed by atoms with Gasteiger partial charge in [-0.25, -0.2) is 8.42 Å². The van der Waals surface area contributed by atoms with Crippen LogP contribution >= 0.6 is 22.0 Å². The maximum absolute atomic E-state index is 11.2. The van der Waals surface area contributed by atoms with Gasteiger partial charge in [0.05, 0.1) is 5.56 Å². The van der Waals surface area contributed by atoms with Crippen LogP contribution in [0.1, 0.15) is 22.8 Å². The minimum absolute atomic E-state index is 0.0376. The van der Waals surface area contributed by atoms with Gasteiger partial charge in [0.1, 0.15) is 9.21 Å². The zero-order chi connectivity index (χ0) is 13.4. The van der Waals surface area contributed by atoms with Crippen molar-refractivity contribution in [3.05, 3.63) is 11.1 Å². The van der Waals surface area contributed by atoms with E-state index in [-0.39, 0.29) is 20.3 Å². The fourth-order valence-electron chi connectivity index (χ4n) is 1.27. The standard InChI is InChI=1S/C8H9ClN2O4S2/c1-3-5(6(10)13)7(11-4(2)12)16-8(3)17(9,14)15/h1-2H3,(H2,10,13)(H,11,12). The summed E-state index contributed by atoms with van der Waals surface area (Å²) in [6.45, 7) is 2.63. The molecule has 17 heavy (non-hydrogen) atoms. The molecule has 0 bridgehead atoms. The van der Waals surface area contributed by atoms with Gasteiger partial charge in [-0.05, 0) is 12.5 Å². The fourth-order valence-corrected chi connectivity index (χ4v) is 4.01. The van der Waals surface area contributed by atoms with Crippen LogP contribution in [0.5, 0.6) is 0 Å². The van der Waals surface area contributed by atoms with Crippen molar-refractivity contribution in [2.75, 3.05) is 5.32 Å². The Kier molecular flexibility index (Phi) is 3.80. The summed E-state index contributed by atoms with van der Waals surface area (Å²) in [6, 6.07) is 0. The molecule has 0 aromatic carbocycles. The topological polar surface area (TPSA) is 106 Å². The van der Waals surface area contributed by atoms with E-state index >= 15 is 0 Å². The van der Waals surface area contributed by atoms with Gasteiger partial charge in [0.25, 0.3) is 15.0 Å². The van der Waals surface area contributed by atoms with Crippen LogP contribution in [0.3, 0.4) is 0 Å². The Hall–Kier alpha value is -1.12. The molecule has 1 heterocycles. The molecule has 2 amide bonds. The van der Waals surface area contributed by atoms with Gasteiger partial charge in [-0.15, -0.1) is 11.3 Å². The minimum atomic E-state index is -3.97. The maximum Gasteiger partial charge on any atom is 0.271 e. The number of amides is 2. The van der Waals surface area contributed by atoms with Gasteiger partial charge in [-0.2, -0.15) is 0 Å². The average Bonchev–Trinajstić information content (AvgIpc) is 2.40. The number of carbonyl (C=O) groups excluding carboxylic acids is 2. The van der Waals surface area contributed by atoms with Gasteiger partial charge in [0, 0.05) is 17.6 Å². The summed E-state index contributed by atoms with van der Waals surface area (Å²) in [5, 5.41) is 2.43. The predicted molar refractivity (Wildman–Crippen MR) is 64.9 cm³/mol. The number of nitrogens with two attached hydrogens (primary N) is 1. The quantitative estimate of drug-likeness (QED) is 0.813. The zero-order valence-corrected chi connectivity index (χ0v) is 11.3. The van der Waals surface area contributed by atoms with E-state index in [0.717, 1.165) is 0 Å². The molecule has 1 aromatic heterocycles. The van der Waals surface area contributed by atoms with Crippen LogP contribution in [0.4, 0.5) is 5.00 Å². The van der Waals surface area contributed by atoms with Crippen LogP contribution in [0.15, 0.2) is 4.21 Å². The summed E-state index contributed by atoms with van der Waals surface area (Å²) < 4.78 is 22.3. The smallest absolute Gasteiger partial charge is 0.271 e. The Morgan fingerprint density at radius 2 is 1.94 bits per heavy atom. The van der Waals surface area contributed by atoms with Crippen molar-refractivity contribution in [1.29, 1.82) is 0 Å². The van der Waals surface area contributed by atoms with E-state index in [0.29, 0.717) is 11.3 Å². The van der Waals surface area contributed by atoms with Gasteiger partial charge in [0.2, 0.25) is 5.91 Å². The molecule has 1 aromatic rings. The molecule has 0 fully saturated rings. The summed E-state index contributed by atoms with van der Waals surface area (Å²) in [4.78, 5) is 22.1. The summed E-state index contributed by atoms with van der Waals surface area (Å²) in [7, 11) is 1.24. The van der Waals surface area contributed by atoms with E-state index < -0.39 is 20.9 Å². The Bertz CT molecular complexity index is 591. The maximum atomic E-state index is 11.2. The van der Waals surface area contributed by atoms with Gasteiger partial charge in [-0.1, -0.05) is 0 Å². The van der Waals surface area contributed by atoms with E-state index in [1.54, 1.807) is 0 Å². The van der Waals surface area contributed by atoms with E-state index in [9.17, 15) is 18.0 Å². The molecular formula is C8H9ClN2O4S2. The van der Waals surface area contributed by atoms with Crippen LogP contribution in [-0.2, 0) is 13.8 Å². The van der Waals surface area contributed by atoms with Crippen molar-refractivity contribution in [3.8, 4) is 0 Å². The van der Waals surface area contributed by atoms with E-state index in [2.05, 4.69) is 5.32 Å². The van der Waals surface area contributed by atoms with Crippen molar-refractivity contribution >= 4 is 47.9 Å². The molecule has 0 aliphatic rings. The molecule has 0 saturated heterocycles. The van der Waals surface area contributed by atoms with Crippen LogP contribution in [0.2, 0.25) is 0 Å². The molecular weight excluding hydrogens is 288 g/mol. The lowest BCUT2D eigenvalue weighted by Crippen LogP contribution is -2.15. The molecule has 0 aliphatic heterocycles. The highest BCUT2D eigenvalue weighted by molar-refractivity contribution is 8.15. The highest BCUT2D eigenvalue weighted by Gasteiger charge is 2.26. The second-order valence-electron chi connectivity index (χ2n) is 3.20. The Labute approximate surface area is 106 Å². The Balaban J connectivity index is 3.51. The first kappa shape index (κ1) is 13.9. The number of carbonyl (C=O) groups is 2. The van der Waals surface area contributed by atoms with Crippen molar-refractivity contribution in [2.24, 2.45) is 5.73 Å². The molecule has 0 spiro atoms. The van der Waals surface area contributed by atoms with Gasteiger partial charge >= 0.3 is 0 Å². The number of halogens is 1. The highest BCUT2D eigenvalue weighted by atomic mass is 35.7. The van der Waals surface area contributed by atoms with Crippen LogP contribution in [0.25, 0.3) is 0 Å². The molecule has 0 saturated carbocycles. The number of hydrogen-bond acceptors (Lipinski definition) is 5. The molecule has 3 N–H and O–H groups in total. The van der Waals surface area contributed by atoms with E-state index in [4.69, 9.17) is 16.4 Å². The average molecular weight is 297 g/mol. The largest absolute Gasteiger partial charge is 0.365 e. The van der Waals surface area contributed by atoms with E-state index in [1.165, 1.54) is 13.8 Å². The molecule has 0 atom stereocenters. The number of thiophene rings is 1. The molecule has 94 valence electrons. The third-order valence-electron chi connectivity index (χ3n) is 1.86. The lowest BCUT2D eigenvalue weighted by Gasteiger charge is -2.00. The van der Waals surface area contributed by atoms with Crippen molar-refractivity contribution in [2.45, 2.75) is 18.1 Å². The van der Waals surface area contributed by atoms with Crippen LogP contribution in [-0.4, -0.2) is 20.2 Å². The van der Waals surface area contributed by atoms with Crippen molar-refractivity contribution in [1.82, 2.24) is 0 Å². The number of anilines is 1. The van der Waals surface area contributed by atoms with Crippen LogP contribution < -0.4 is 11.1 Å². The molecule has 0 aliphatic carbocycles. The number of hydrogen-bond donors (Lipinski definition) is 2. The monoisotopic (exact) mass is 296 g/mol. The van der Waals surface area contributed by atoms with Gasteiger partial charge in [0.15, 0.2) is 0 Å². The minimum Gasteiger partial charge on any atom is -0.365 e. The number of primary amides is 1. The number of rotatable bonds is 3. The first-order chi connectivity index (χ1) is 7.64. The lowest BCUT2D eigenvalue weighted by molar-refractivity contribution is -0.114. The molecule has 0 unspecified atom stereocenters. The molecule has 1 rings (SSSR count). The fraction of sp³-hybridized carbons (Fsp3) is 0.250. The van der Waals surface area contributed by atoms with Gasteiger partial charge < -0.3 is 11.1 Å². The normalized spacial score (nSPS) is 11.2. The summed E-state index contributed by atoms with van der Waals surface area (Å²) >= 11 is 0.697. The Morgan fingerprint density at radius 1 is 1.41 bits per heavy atom. The second-order valence-corrected chi connectivity index (χ2v) is 6.98. The van der Waals surface area contributed by atoms with Gasteiger partial charge in [-0.3, -0.25) is 9.59 Å². The van der Waals surface area contributed by atoms with Crippen LogP contribution in [0, 0.1) is 6.92 Å². The van der Waals surface area contributed by atoms with Crippen molar-refractivity contribution in [3.63, 3.8) is 0 Å². The zero-order valence-electron chi connectivity index (χ0n) is 8.90. The molecule has 0 radical (unpaired) electrons. The summed E-state index contributed by atoms with van der Waals surface area (Å²) in [5.74, 6) is -1.26. The highest BCUT2D eigenvalue weighted by Crippen LogP contribution is 2.37. The summed E-state index contributed by atoms with van der Waals surface area (Å²) in [6.07, 6.45) is 0. The van der Waals surface area contributed by atoms with E-state index in [1.807, 2.05) is 0 Å². The number of nitrogens with one attached hydrogen (secondary N) is 1. The van der Waals surface area contributed by atoms with Crippen molar-refractivity contribution < 1.29 is 18.0 Å². The third-order valence-corrected chi connectivity index (χ3v) is 5.26. The SMILES string of the molecule is CC(=O)Nc1sc(S(=O)(=O)Cl)c(C)c1C(N)=O. The second kappa shape index (κ2) is 4.63. The summed E-state index contributed by atoms with van der Waals surface area (Å²) in [5.41, 5.74) is 5.23. The molecule has 6 nitrogen and oxygen atoms in total. The predicted octanol–water partition coefficient (Wildman–Crippen LogP) is 1.04. The Morgan fingerprint density at radius 3 is 2.29 bits per heavy atom. The third kappa shape index (κ3) is 2.96. The molecule has 9 heteroatoms. The first-order valence-electron chi connectivity index (χ1n) is 4.30. The first-order valence-corrected chi connectivity index (χ1v) is 7.42. The lowest BCUT2D eigenvalue weighted by atomic mass is 10.2.